The van der Waals surface area contributed by atoms with Gasteiger partial charge in [0.25, 0.3) is 0 Å². The first-order chi connectivity index (χ1) is 8.65. The summed E-state index contributed by atoms with van der Waals surface area (Å²) in [7, 11) is 0. The Kier molecular flexibility index (Phi) is 3.20. The molecule has 3 fully saturated rings. The first-order valence-electron chi connectivity index (χ1n) is 6.54. The Morgan fingerprint density at radius 1 is 1.44 bits per heavy atom. The van der Waals surface area contributed by atoms with Crippen molar-refractivity contribution in [3.8, 4) is 0 Å². The van der Waals surface area contributed by atoms with Crippen LogP contribution >= 0.6 is 15.9 Å². The van der Waals surface area contributed by atoms with Crippen LogP contribution < -0.4 is 11.1 Å². The van der Waals surface area contributed by atoms with E-state index in [4.69, 9.17) is 5.73 Å². The van der Waals surface area contributed by atoms with Crippen LogP contribution in [0.15, 0.2) is 10.7 Å². The molecule has 0 aromatic carbocycles. The third-order valence-corrected chi connectivity index (χ3v) is 5.25. The average molecular weight is 311 g/mol. The molecule has 1 aromatic heterocycles. The smallest absolute Gasteiger partial charge is 0.140 e. The van der Waals surface area contributed by atoms with Crippen molar-refractivity contribution in [2.45, 2.75) is 25.8 Å². The number of nitrogens with zero attached hydrogens (tertiary/aromatic N) is 2. The third-order valence-electron chi connectivity index (χ3n) is 4.28. The monoisotopic (exact) mass is 310 g/mol. The topological polar surface area (TPSA) is 54.2 Å². The molecule has 3 aliphatic rings. The van der Waals surface area contributed by atoms with Crippen molar-refractivity contribution < 1.29 is 0 Å². The molecule has 0 saturated carbocycles. The number of nitrogens with one attached hydrogen (secondary N) is 1. The third kappa shape index (κ3) is 2.10. The van der Waals surface area contributed by atoms with Gasteiger partial charge in [-0.3, -0.25) is 0 Å². The second-order valence-electron chi connectivity index (χ2n) is 5.39. The summed E-state index contributed by atoms with van der Waals surface area (Å²) < 4.78 is 0.999. The predicted octanol–water partition coefficient (Wildman–Crippen LogP) is 2.24. The number of piperidine rings is 3. The number of nitrogens with two attached hydrogens (primary N) is 1. The summed E-state index contributed by atoms with van der Waals surface area (Å²) in [5.41, 5.74) is 7.66. The van der Waals surface area contributed by atoms with Crippen molar-refractivity contribution >= 4 is 27.4 Å². The summed E-state index contributed by atoms with van der Waals surface area (Å²) >= 11 is 3.59. The van der Waals surface area contributed by atoms with Crippen LogP contribution in [0.4, 0.5) is 11.5 Å². The molecule has 3 saturated heterocycles. The molecule has 0 spiro atoms. The molecular weight excluding hydrogens is 292 g/mol. The van der Waals surface area contributed by atoms with Crippen molar-refractivity contribution in [2.75, 3.05) is 30.7 Å². The molecule has 0 aliphatic carbocycles. The summed E-state index contributed by atoms with van der Waals surface area (Å²) in [6.45, 7) is 5.68. The normalized spacial score (nSPS) is 30.4. The molecular formula is C13H19BrN4. The van der Waals surface area contributed by atoms with Crippen LogP contribution in [0.5, 0.6) is 0 Å². The SMILES string of the molecule is Cc1c(N)cnc(NC2CN3CCC2CC3)c1Br. The molecule has 0 amide bonds. The van der Waals surface area contributed by atoms with Gasteiger partial charge in [0.1, 0.15) is 5.82 Å². The van der Waals surface area contributed by atoms with Crippen LogP contribution in [-0.2, 0) is 0 Å². The molecule has 1 atom stereocenters. The maximum Gasteiger partial charge on any atom is 0.140 e. The van der Waals surface area contributed by atoms with E-state index in [-0.39, 0.29) is 0 Å². The Bertz CT molecular complexity index is 455. The highest BCUT2D eigenvalue weighted by molar-refractivity contribution is 9.10. The zero-order valence-electron chi connectivity index (χ0n) is 10.6. The molecule has 1 aromatic rings. The number of halogens is 1. The first-order valence-corrected chi connectivity index (χ1v) is 7.34. The number of aromatic nitrogens is 1. The Hall–Kier alpha value is -0.810. The molecule has 18 heavy (non-hydrogen) atoms. The first kappa shape index (κ1) is 12.2. The zero-order chi connectivity index (χ0) is 12.7. The highest BCUT2D eigenvalue weighted by Gasteiger charge is 2.34. The van der Waals surface area contributed by atoms with Crippen LogP contribution in [0.2, 0.25) is 0 Å². The van der Waals surface area contributed by atoms with E-state index in [1.807, 2.05) is 6.92 Å². The minimum absolute atomic E-state index is 0.527. The fourth-order valence-corrected chi connectivity index (χ4v) is 3.44. The lowest BCUT2D eigenvalue weighted by Gasteiger charge is -2.45. The van der Waals surface area contributed by atoms with E-state index in [2.05, 4.69) is 31.1 Å². The van der Waals surface area contributed by atoms with Crippen molar-refractivity contribution in [3.05, 3.63) is 16.2 Å². The van der Waals surface area contributed by atoms with E-state index in [0.717, 1.165) is 34.0 Å². The van der Waals surface area contributed by atoms with Crippen LogP contribution in [0, 0.1) is 12.8 Å². The van der Waals surface area contributed by atoms with E-state index in [9.17, 15) is 0 Å². The molecule has 2 bridgehead atoms. The largest absolute Gasteiger partial charge is 0.397 e. The van der Waals surface area contributed by atoms with Gasteiger partial charge in [-0.25, -0.2) is 4.98 Å². The minimum Gasteiger partial charge on any atom is -0.397 e. The lowest BCUT2D eigenvalue weighted by atomic mass is 9.84. The van der Waals surface area contributed by atoms with E-state index in [1.54, 1.807) is 6.20 Å². The van der Waals surface area contributed by atoms with Crippen LogP contribution in [-0.4, -0.2) is 35.6 Å². The van der Waals surface area contributed by atoms with E-state index >= 15 is 0 Å². The van der Waals surface area contributed by atoms with Gasteiger partial charge < -0.3 is 16.0 Å². The van der Waals surface area contributed by atoms with Gasteiger partial charge in [-0.1, -0.05) is 0 Å². The van der Waals surface area contributed by atoms with Gasteiger partial charge >= 0.3 is 0 Å². The van der Waals surface area contributed by atoms with Crippen molar-refractivity contribution in [1.82, 2.24) is 9.88 Å². The molecule has 1 unspecified atom stereocenters. The summed E-state index contributed by atoms with van der Waals surface area (Å²) in [5, 5.41) is 3.59. The van der Waals surface area contributed by atoms with Crippen molar-refractivity contribution in [2.24, 2.45) is 5.92 Å². The van der Waals surface area contributed by atoms with Gasteiger partial charge in [0.05, 0.1) is 16.4 Å². The zero-order valence-corrected chi connectivity index (χ0v) is 12.2. The van der Waals surface area contributed by atoms with Crippen molar-refractivity contribution in [3.63, 3.8) is 0 Å². The Balaban J connectivity index is 1.79. The Morgan fingerprint density at radius 3 is 2.78 bits per heavy atom. The van der Waals surface area contributed by atoms with Gasteiger partial charge in [0.2, 0.25) is 0 Å². The molecule has 4 nitrogen and oxygen atoms in total. The number of hydrogen-bond donors (Lipinski definition) is 2. The number of pyridine rings is 1. The molecule has 4 rings (SSSR count). The van der Waals surface area contributed by atoms with E-state index in [1.165, 1.54) is 25.9 Å². The quantitative estimate of drug-likeness (QED) is 0.879. The predicted molar refractivity (Wildman–Crippen MR) is 77.7 cm³/mol. The van der Waals surface area contributed by atoms with Gasteiger partial charge in [0, 0.05) is 12.6 Å². The van der Waals surface area contributed by atoms with E-state index < -0.39 is 0 Å². The van der Waals surface area contributed by atoms with Crippen LogP contribution in [0.1, 0.15) is 18.4 Å². The van der Waals surface area contributed by atoms with Gasteiger partial charge in [0.15, 0.2) is 0 Å². The van der Waals surface area contributed by atoms with Crippen LogP contribution in [0.25, 0.3) is 0 Å². The Morgan fingerprint density at radius 2 is 2.17 bits per heavy atom. The van der Waals surface area contributed by atoms with Crippen LogP contribution in [0.3, 0.4) is 0 Å². The number of nitrogen functional groups attached to an aromatic ring is 1. The summed E-state index contributed by atoms with van der Waals surface area (Å²) in [6.07, 6.45) is 4.36. The highest BCUT2D eigenvalue weighted by atomic mass is 79.9. The summed E-state index contributed by atoms with van der Waals surface area (Å²) in [6, 6.07) is 0.527. The fourth-order valence-electron chi connectivity index (χ4n) is 3.00. The molecule has 3 N–H and O–H groups in total. The maximum absolute atomic E-state index is 5.85. The van der Waals surface area contributed by atoms with Gasteiger partial charge in [-0.2, -0.15) is 0 Å². The molecule has 4 heterocycles. The lowest BCUT2D eigenvalue weighted by molar-refractivity contribution is 0.0973. The highest BCUT2D eigenvalue weighted by Crippen LogP contribution is 2.33. The average Bonchev–Trinajstić information content (AvgIpc) is 2.41. The number of anilines is 2. The number of rotatable bonds is 2. The lowest BCUT2D eigenvalue weighted by Crippen LogP contribution is -2.53. The molecule has 3 aliphatic heterocycles. The standard InChI is InChI=1S/C13H19BrN4/c1-8-10(15)6-16-13(12(8)14)17-11-7-18-4-2-9(11)3-5-18/h6,9,11H,2-5,7,15H2,1H3,(H,16,17). The van der Waals surface area contributed by atoms with Crippen molar-refractivity contribution in [1.29, 1.82) is 0 Å². The second-order valence-corrected chi connectivity index (χ2v) is 6.18. The second kappa shape index (κ2) is 4.70. The summed E-state index contributed by atoms with van der Waals surface area (Å²) in [5.74, 6) is 1.72. The Labute approximate surface area is 116 Å². The minimum atomic E-state index is 0.527. The maximum atomic E-state index is 5.85. The fraction of sp³-hybridized carbons (Fsp3) is 0.615. The summed E-state index contributed by atoms with van der Waals surface area (Å²) in [4.78, 5) is 6.95. The van der Waals surface area contributed by atoms with Gasteiger partial charge in [-0.05, 0) is 60.3 Å². The van der Waals surface area contributed by atoms with Gasteiger partial charge in [-0.15, -0.1) is 0 Å². The molecule has 98 valence electrons. The number of hydrogen-bond acceptors (Lipinski definition) is 4. The molecule has 0 radical (unpaired) electrons. The van der Waals surface area contributed by atoms with E-state index in [0.29, 0.717) is 6.04 Å². The number of fused-ring (bicyclic) bond motifs is 3. The molecule has 5 heteroatoms.